The summed E-state index contributed by atoms with van der Waals surface area (Å²) in [4.78, 5) is 26.1. The lowest BCUT2D eigenvalue weighted by Crippen LogP contribution is -2.37. The molecule has 1 aromatic rings. The van der Waals surface area contributed by atoms with Crippen LogP contribution in [0, 0.1) is 0 Å². The van der Waals surface area contributed by atoms with Crippen LogP contribution in [0.1, 0.15) is 31.4 Å². The largest absolute Gasteiger partial charge is 0.503 e. The Bertz CT molecular complexity index is 690. The minimum atomic E-state index is -0.616. The molecule has 2 aliphatic heterocycles. The molecule has 1 fully saturated rings. The van der Waals surface area contributed by atoms with Crippen molar-refractivity contribution in [3.8, 4) is 5.75 Å². The third kappa shape index (κ3) is 2.89. The van der Waals surface area contributed by atoms with Gasteiger partial charge in [0.25, 0.3) is 5.91 Å². The van der Waals surface area contributed by atoms with Crippen LogP contribution < -0.4 is 4.74 Å². The molecule has 0 saturated carbocycles. The van der Waals surface area contributed by atoms with Gasteiger partial charge in [0.05, 0.1) is 24.8 Å². The first kappa shape index (κ1) is 16.5. The number of hydrogen-bond acceptors (Lipinski definition) is 5. The zero-order valence-electron chi connectivity index (χ0n) is 13.8. The fourth-order valence-electron chi connectivity index (χ4n) is 3.37. The number of rotatable bonds is 5. The van der Waals surface area contributed by atoms with Gasteiger partial charge in [-0.25, -0.2) is 0 Å². The van der Waals surface area contributed by atoms with Crippen molar-refractivity contribution in [2.24, 2.45) is 0 Å². The molecule has 128 valence electrons. The summed E-state index contributed by atoms with van der Waals surface area (Å²) in [6.45, 7) is 2.39. The number of amides is 1. The monoisotopic (exact) mass is 331 g/mol. The summed E-state index contributed by atoms with van der Waals surface area (Å²) in [6.07, 6.45) is 1.75. The van der Waals surface area contributed by atoms with Crippen LogP contribution in [0.3, 0.4) is 0 Å². The van der Waals surface area contributed by atoms with E-state index in [4.69, 9.17) is 9.47 Å². The molecular formula is C18H21NO5. The highest BCUT2D eigenvalue weighted by molar-refractivity contribution is 6.08. The van der Waals surface area contributed by atoms with Crippen LogP contribution >= 0.6 is 0 Å². The van der Waals surface area contributed by atoms with Gasteiger partial charge >= 0.3 is 0 Å². The Hall–Kier alpha value is -2.34. The minimum absolute atomic E-state index is 0.0684. The summed E-state index contributed by atoms with van der Waals surface area (Å²) in [6, 6.07) is 6.58. The second-order valence-electron chi connectivity index (χ2n) is 6.09. The second kappa shape index (κ2) is 6.65. The Labute approximate surface area is 140 Å². The lowest BCUT2D eigenvalue weighted by atomic mass is 9.96. The molecule has 24 heavy (non-hydrogen) atoms. The van der Waals surface area contributed by atoms with Crippen molar-refractivity contribution in [1.82, 2.24) is 4.90 Å². The fraction of sp³-hybridized carbons (Fsp3) is 0.444. The molecule has 1 aromatic carbocycles. The Morgan fingerprint density at radius 3 is 2.88 bits per heavy atom. The van der Waals surface area contributed by atoms with Crippen molar-refractivity contribution in [2.45, 2.75) is 31.9 Å². The van der Waals surface area contributed by atoms with E-state index < -0.39 is 17.7 Å². The Morgan fingerprint density at radius 1 is 1.46 bits per heavy atom. The third-order valence-electron chi connectivity index (χ3n) is 4.52. The zero-order valence-corrected chi connectivity index (χ0v) is 13.8. The predicted molar refractivity (Wildman–Crippen MR) is 86.8 cm³/mol. The number of carbonyl (C=O) groups excluding carboxylic acids is 2. The number of ether oxygens (including phenoxy) is 2. The summed E-state index contributed by atoms with van der Waals surface area (Å²) < 4.78 is 10.9. The van der Waals surface area contributed by atoms with E-state index in [1.165, 1.54) is 11.8 Å². The number of benzene rings is 1. The van der Waals surface area contributed by atoms with Crippen molar-refractivity contribution in [3.05, 3.63) is 41.2 Å². The Morgan fingerprint density at radius 2 is 2.25 bits per heavy atom. The van der Waals surface area contributed by atoms with Gasteiger partial charge in [-0.15, -0.1) is 0 Å². The molecule has 1 amide bonds. The Balaban J connectivity index is 2.00. The number of methoxy groups -OCH3 is 1. The summed E-state index contributed by atoms with van der Waals surface area (Å²) in [7, 11) is 1.56. The second-order valence-corrected chi connectivity index (χ2v) is 6.09. The van der Waals surface area contributed by atoms with E-state index in [1.807, 2.05) is 6.07 Å². The highest BCUT2D eigenvalue weighted by Crippen LogP contribution is 2.39. The number of ketones is 1. The normalized spacial score (nSPS) is 23.9. The van der Waals surface area contributed by atoms with Gasteiger partial charge < -0.3 is 19.5 Å². The van der Waals surface area contributed by atoms with Crippen LogP contribution in [0.25, 0.3) is 0 Å². The number of Topliss-reactive ketones (excluding diaryl/α,β-unsaturated/α-hetero) is 1. The molecule has 3 rings (SSSR count). The van der Waals surface area contributed by atoms with Gasteiger partial charge in [0.15, 0.2) is 11.5 Å². The van der Waals surface area contributed by atoms with Gasteiger partial charge in [-0.1, -0.05) is 12.1 Å². The van der Waals surface area contributed by atoms with Crippen LogP contribution in [-0.4, -0.2) is 48.1 Å². The molecule has 0 radical (unpaired) electrons. The van der Waals surface area contributed by atoms with E-state index in [2.05, 4.69) is 0 Å². The first-order valence-corrected chi connectivity index (χ1v) is 8.03. The predicted octanol–water partition coefficient (Wildman–Crippen LogP) is 2.16. The van der Waals surface area contributed by atoms with Crippen LogP contribution in [0.15, 0.2) is 35.6 Å². The van der Waals surface area contributed by atoms with Crippen molar-refractivity contribution in [3.63, 3.8) is 0 Å². The van der Waals surface area contributed by atoms with Crippen LogP contribution in [0.2, 0.25) is 0 Å². The molecule has 0 bridgehead atoms. The molecule has 0 aliphatic carbocycles. The van der Waals surface area contributed by atoms with Gasteiger partial charge in [0.1, 0.15) is 5.75 Å². The zero-order chi connectivity index (χ0) is 17.3. The number of aliphatic hydroxyl groups excluding tert-OH is 1. The standard InChI is InChI=1S/C18H21NO5/c1-11(20)15-16(12-5-3-6-13(9-12)23-2)19(18(22)17(15)21)10-14-7-4-8-24-14/h3,5-6,9,14,16,21H,4,7-8,10H2,1-2H3/t14-,16-/m1/s1. The smallest absolute Gasteiger partial charge is 0.290 e. The molecule has 6 heteroatoms. The van der Waals surface area contributed by atoms with Crippen LogP contribution in [0.4, 0.5) is 0 Å². The quantitative estimate of drug-likeness (QED) is 0.895. The van der Waals surface area contributed by atoms with Crippen LogP contribution in [-0.2, 0) is 14.3 Å². The average molecular weight is 331 g/mol. The summed E-state index contributed by atoms with van der Waals surface area (Å²) in [5, 5.41) is 10.2. The van der Waals surface area contributed by atoms with E-state index in [9.17, 15) is 14.7 Å². The van der Waals surface area contributed by atoms with Crippen molar-refractivity contribution in [1.29, 1.82) is 0 Å². The third-order valence-corrected chi connectivity index (χ3v) is 4.52. The lowest BCUT2D eigenvalue weighted by Gasteiger charge is -2.28. The maximum absolute atomic E-state index is 12.5. The van der Waals surface area contributed by atoms with E-state index in [-0.39, 0.29) is 17.5 Å². The van der Waals surface area contributed by atoms with Crippen LogP contribution in [0.5, 0.6) is 5.75 Å². The fourth-order valence-corrected chi connectivity index (χ4v) is 3.37. The summed E-state index contributed by atoms with van der Waals surface area (Å²) in [5.41, 5.74) is 0.862. The highest BCUT2D eigenvalue weighted by Gasteiger charge is 2.43. The SMILES string of the molecule is COc1cccc([C@@H]2C(C(C)=O)=C(O)C(=O)N2C[C@H]2CCCO2)c1. The first-order chi connectivity index (χ1) is 11.5. The first-order valence-electron chi connectivity index (χ1n) is 8.03. The van der Waals surface area contributed by atoms with Gasteiger partial charge in [0, 0.05) is 13.2 Å². The molecular weight excluding hydrogens is 310 g/mol. The molecule has 0 unspecified atom stereocenters. The van der Waals surface area contributed by atoms with E-state index >= 15 is 0 Å². The highest BCUT2D eigenvalue weighted by atomic mass is 16.5. The van der Waals surface area contributed by atoms with E-state index in [0.717, 1.165) is 18.4 Å². The number of carbonyl (C=O) groups is 2. The molecule has 2 heterocycles. The van der Waals surface area contributed by atoms with Crippen molar-refractivity contribution in [2.75, 3.05) is 20.3 Å². The maximum atomic E-state index is 12.5. The topological polar surface area (TPSA) is 76.1 Å². The van der Waals surface area contributed by atoms with E-state index in [0.29, 0.717) is 18.9 Å². The number of aliphatic hydroxyl groups is 1. The molecule has 0 spiro atoms. The lowest BCUT2D eigenvalue weighted by molar-refractivity contribution is -0.131. The number of hydrogen-bond donors (Lipinski definition) is 1. The van der Waals surface area contributed by atoms with Gasteiger partial charge in [-0.05, 0) is 37.5 Å². The molecule has 1 N–H and O–H groups in total. The van der Waals surface area contributed by atoms with Gasteiger partial charge in [-0.3, -0.25) is 9.59 Å². The summed E-state index contributed by atoms with van der Waals surface area (Å²) in [5.74, 6) is -0.674. The average Bonchev–Trinajstić information content (AvgIpc) is 3.17. The van der Waals surface area contributed by atoms with Gasteiger partial charge in [0.2, 0.25) is 0 Å². The van der Waals surface area contributed by atoms with Crippen molar-refractivity contribution < 1.29 is 24.2 Å². The number of nitrogens with zero attached hydrogens (tertiary/aromatic N) is 1. The van der Waals surface area contributed by atoms with Crippen molar-refractivity contribution >= 4 is 11.7 Å². The molecule has 0 aromatic heterocycles. The summed E-state index contributed by atoms with van der Waals surface area (Å²) >= 11 is 0. The van der Waals surface area contributed by atoms with E-state index in [1.54, 1.807) is 25.3 Å². The molecule has 1 saturated heterocycles. The maximum Gasteiger partial charge on any atom is 0.290 e. The van der Waals surface area contributed by atoms with Gasteiger partial charge in [-0.2, -0.15) is 0 Å². The minimum Gasteiger partial charge on any atom is -0.503 e. The molecule has 2 aliphatic rings. The Kier molecular flexibility index (Phi) is 4.57. The molecule has 2 atom stereocenters. The molecule has 6 nitrogen and oxygen atoms in total.